The maximum Gasteiger partial charge on any atom is 0.416 e. The van der Waals surface area contributed by atoms with Crippen LogP contribution < -0.4 is 0 Å². The minimum absolute atomic E-state index is 0.155. The fraction of sp³-hybridized carbons (Fsp3) is 0.0500. The zero-order chi connectivity index (χ0) is 18.9. The second kappa shape index (κ2) is 6.68. The van der Waals surface area contributed by atoms with Crippen molar-refractivity contribution in [3.05, 3.63) is 78.5 Å². The van der Waals surface area contributed by atoms with E-state index in [0.29, 0.717) is 11.1 Å². The summed E-state index contributed by atoms with van der Waals surface area (Å²) in [6.45, 7) is 0. The highest BCUT2D eigenvalue weighted by molar-refractivity contribution is 5.67. The van der Waals surface area contributed by atoms with Crippen molar-refractivity contribution in [2.45, 2.75) is 6.18 Å². The highest BCUT2D eigenvalue weighted by Crippen LogP contribution is 2.31. The smallest absolute Gasteiger partial charge is 0.416 e. The van der Waals surface area contributed by atoms with Crippen molar-refractivity contribution in [1.82, 2.24) is 15.2 Å². The topological polar surface area (TPSA) is 51.8 Å². The SMILES string of the molecule is FC(F)(F)c1ccc(-c2nnc(-c3cccc(-c4ccccn4)c3)o2)cc1. The van der Waals surface area contributed by atoms with Gasteiger partial charge in [-0.3, -0.25) is 4.98 Å². The van der Waals surface area contributed by atoms with Crippen molar-refractivity contribution < 1.29 is 17.6 Å². The summed E-state index contributed by atoms with van der Waals surface area (Å²) in [5, 5.41) is 7.95. The number of alkyl halides is 3. The van der Waals surface area contributed by atoms with Gasteiger partial charge in [-0.25, -0.2) is 0 Å². The first-order valence-electron chi connectivity index (χ1n) is 8.04. The normalized spacial score (nSPS) is 11.5. The molecule has 0 aliphatic rings. The molecule has 0 spiro atoms. The second-order valence-electron chi connectivity index (χ2n) is 5.78. The molecule has 0 bridgehead atoms. The fourth-order valence-corrected chi connectivity index (χ4v) is 2.60. The molecule has 4 nitrogen and oxygen atoms in total. The van der Waals surface area contributed by atoms with E-state index in [-0.39, 0.29) is 11.8 Å². The number of hydrogen-bond donors (Lipinski definition) is 0. The van der Waals surface area contributed by atoms with Crippen molar-refractivity contribution in [3.63, 3.8) is 0 Å². The molecule has 4 aromatic rings. The molecule has 4 rings (SSSR count). The van der Waals surface area contributed by atoms with Crippen LogP contribution in [0.4, 0.5) is 13.2 Å². The van der Waals surface area contributed by atoms with E-state index in [1.54, 1.807) is 6.20 Å². The van der Waals surface area contributed by atoms with Gasteiger partial charge in [0.2, 0.25) is 11.8 Å². The molecule has 134 valence electrons. The van der Waals surface area contributed by atoms with Gasteiger partial charge in [0.1, 0.15) is 0 Å². The fourth-order valence-electron chi connectivity index (χ4n) is 2.60. The molecule has 0 saturated carbocycles. The number of rotatable bonds is 3. The van der Waals surface area contributed by atoms with Crippen molar-refractivity contribution in [2.24, 2.45) is 0 Å². The van der Waals surface area contributed by atoms with Crippen LogP contribution in [0.5, 0.6) is 0 Å². The zero-order valence-corrected chi connectivity index (χ0v) is 13.8. The third-order valence-electron chi connectivity index (χ3n) is 3.95. The number of benzene rings is 2. The summed E-state index contributed by atoms with van der Waals surface area (Å²) in [5.41, 5.74) is 2.09. The first-order chi connectivity index (χ1) is 13.0. The molecule has 0 fully saturated rings. The zero-order valence-electron chi connectivity index (χ0n) is 13.8. The summed E-state index contributed by atoms with van der Waals surface area (Å²) >= 11 is 0. The van der Waals surface area contributed by atoms with E-state index >= 15 is 0 Å². The van der Waals surface area contributed by atoms with E-state index in [1.165, 1.54) is 12.1 Å². The monoisotopic (exact) mass is 367 g/mol. The Labute approximate surface area is 152 Å². The Kier molecular flexibility index (Phi) is 4.19. The predicted molar refractivity (Wildman–Crippen MR) is 93.4 cm³/mol. The average molecular weight is 367 g/mol. The van der Waals surface area contributed by atoms with Crippen LogP contribution >= 0.6 is 0 Å². The van der Waals surface area contributed by atoms with Crippen LogP contribution in [0.2, 0.25) is 0 Å². The molecule has 0 unspecified atom stereocenters. The Hall–Kier alpha value is -3.48. The van der Waals surface area contributed by atoms with Crippen LogP contribution in [0.25, 0.3) is 34.2 Å². The minimum Gasteiger partial charge on any atom is -0.416 e. The maximum absolute atomic E-state index is 12.7. The number of nitrogens with zero attached hydrogens (tertiary/aromatic N) is 3. The minimum atomic E-state index is -4.38. The van der Waals surface area contributed by atoms with Crippen molar-refractivity contribution in [2.75, 3.05) is 0 Å². The van der Waals surface area contributed by atoms with Crippen LogP contribution in [-0.4, -0.2) is 15.2 Å². The number of halogens is 3. The van der Waals surface area contributed by atoms with Gasteiger partial charge in [-0.2, -0.15) is 13.2 Å². The Balaban J connectivity index is 1.63. The lowest BCUT2D eigenvalue weighted by atomic mass is 10.1. The van der Waals surface area contributed by atoms with Gasteiger partial charge in [0.05, 0.1) is 11.3 Å². The van der Waals surface area contributed by atoms with Crippen LogP contribution in [-0.2, 0) is 6.18 Å². The van der Waals surface area contributed by atoms with Crippen LogP contribution in [0.15, 0.2) is 77.3 Å². The highest BCUT2D eigenvalue weighted by Gasteiger charge is 2.30. The van der Waals surface area contributed by atoms with Crippen LogP contribution in [0.3, 0.4) is 0 Å². The van der Waals surface area contributed by atoms with Gasteiger partial charge in [0.15, 0.2) is 0 Å². The lowest BCUT2D eigenvalue weighted by Gasteiger charge is -2.05. The Morgan fingerprint density at radius 3 is 2.07 bits per heavy atom. The van der Waals surface area contributed by atoms with Gasteiger partial charge in [-0.15, -0.1) is 10.2 Å². The molecule has 0 aliphatic heterocycles. The van der Waals surface area contributed by atoms with E-state index in [0.717, 1.165) is 23.4 Å². The number of aromatic nitrogens is 3. The summed E-state index contributed by atoms with van der Waals surface area (Å²) in [6.07, 6.45) is -2.68. The highest BCUT2D eigenvalue weighted by atomic mass is 19.4. The number of pyridine rings is 1. The summed E-state index contributed by atoms with van der Waals surface area (Å²) in [5.74, 6) is 0.435. The third kappa shape index (κ3) is 3.57. The van der Waals surface area contributed by atoms with E-state index in [4.69, 9.17) is 4.42 Å². The van der Waals surface area contributed by atoms with Gasteiger partial charge in [0.25, 0.3) is 0 Å². The quantitative estimate of drug-likeness (QED) is 0.481. The lowest BCUT2D eigenvalue weighted by Crippen LogP contribution is -2.03. The predicted octanol–water partition coefficient (Wildman–Crippen LogP) is 5.48. The summed E-state index contributed by atoms with van der Waals surface area (Å²) in [7, 11) is 0. The largest absolute Gasteiger partial charge is 0.416 e. The van der Waals surface area contributed by atoms with Gasteiger partial charge in [0, 0.05) is 22.9 Å². The standard InChI is InChI=1S/C20H12F3N3O/c21-20(22,23)16-9-7-13(8-10-16)18-25-26-19(27-18)15-5-3-4-14(12-15)17-6-1-2-11-24-17/h1-12H. The first kappa shape index (κ1) is 17.0. The molecule has 0 atom stereocenters. The molecule has 2 heterocycles. The van der Waals surface area contributed by atoms with Gasteiger partial charge in [-0.05, 0) is 48.5 Å². The number of hydrogen-bond acceptors (Lipinski definition) is 4. The molecular formula is C20H12F3N3O. The summed E-state index contributed by atoms with van der Waals surface area (Å²) in [4.78, 5) is 4.31. The Morgan fingerprint density at radius 1 is 0.704 bits per heavy atom. The Bertz CT molecular complexity index is 1060. The molecule has 0 saturated heterocycles. The summed E-state index contributed by atoms with van der Waals surface area (Å²) in [6, 6.07) is 17.7. The average Bonchev–Trinajstić information content (AvgIpc) is 3.19. The van der Waals surface area contributed by atoms with Gasteiger partial charge in [-0.1, -0.05) is 18.2 Å². The third-order valence-corrected chi connectivity index (χ3v) is 3.95. The molecule has 0 amide bonds. The molecule has 2 aromatic heterocycles. The Morgan fingerprint density at radius 2 is 1.41 bits per heavy atom. The molecule has 2 aromatic carbocycles. The first-order valence-corrected chi connectivity index (χ1v) is 8.04. The maximum atomic E-state index is 12.7. The van der Waals surface area contributed by atoms with Crippen molar-refractivity contribution in [3.8, 4) is 34.2 Å². The van der Waals surface area contributed by atoms with Crippen molar-refractivity contribution in [1.29, 1.82) is 0 Å². The lowest BCUT2D eigenvalue weighted by molar-refractivity contribution is -0.137. The van der Waals surface area contributed by atoms with Crippen molar-refractivity contribution >= 4 is 0 Å². The molecule has 0 N–H and O–H groups in total. The van der Waals surface area contributed by atoms with Crippen LogP contribution in [0.1, 0.15) is 5.56 Å². The van der Waals surface area contributed by atoms with E-state index in [1.807, 2.05) is 42.5 Å². The molecule has 0 aliphatic carbocycles. The van der Waals surface area contributed by atoms with Crippen LogP contribution in [0, 0.1) is 0 Å². The molecule has 7 heteroatoms. The van der Waals surface area contributed by atoms with Gasteiger partial charge < -0.3 is 4.42 Å². The second-order valence-corrected chi connectivity index (χ2v) is 5.78. The van der Waals surface area contributed by atoms with E-state index in [9.17, 15) is 13.2 Å². The molecule has 0 radical (unpaired) electrons. The summed E-state index contributed by atoms with van der Waals surface area (Å²) < 4.78 is 43.7. The van der Waals surface area contributed by atoms with E-state index in [2.05, 4.69) is 15.2 Å². The van der Waals surface area contributed by atoms with E-state index < -0.39 is 11.7 Å². The van der Waals surface area contributed by atoms with Gasteiger partial charge >= 0.3 is 6.18 Å². The molecule has 27 heavy (non-hydrogen) atoms. The molecular weight excluding hydrogens is 355 g/mol.